The van der Waals surface area contributed by atoms with Crippen LogP contribution >= 0.6 is 0 Å². The molecule has 0 amide bonds. The molecular formula is C22H24N2O5. The van der Waals surface area contributed by atoms with Crippen LogP contribution in [0.3, 0.4) is 0 Å². The van der Waals surface area contributed by atoms with E-state index in [1.54, 1.807) is 21.3 Å². The molecule has 152 valence electrons. The lowest BCUT2D eigenvalue weighted by Crippen LogP contribution is -2.45. The number of hydrogen-bond acceptors (Lipinski definition) is 6. The Labute approximate surface area is 168 Å². The predicted octanol–water partition coefficient (Wildman–Crippen LogP) is 2.97. The summed E-state index contributed by atoms with van der Waals surface area (Å²) in [6, 6.07) is 11.0. The van der Waals surface area contributed by atoms with Gasteiger partial charge >= 0.3 is 5.97 Å². The lowest BCUT2D eigenvalue weighted by atomic mass is 9.89. The van der Waals surface area contributed by atoms with Gasteiger partial charge in [-0.2, -0.15) is 0 Å². The zero-order valence-corrected chi connectivity index (χ0v) is 16.9. The van der Waals surface area contributed by atoms with Gasteiger partial charge in [-0.1, -0.05) is 18.2 Å². The number of benzene rings is 2. The van der Waals surface area contributed by atoms with Crippen LogP contribution in [-0.2, 0) is 16.0 Å². The van der Waals surface area contributed by atoms with E-state index in [0.29, 0.717) is 23.7 Å². The number of esters is 1. The second-order valence-corrected chi connectivity index (χ2v) is 6.87. The molecule has 7 nitrogen and oxygen atoms in total. The van der Waals surface area contributed by atoms with E-state index < -0.39 is 6.04 Å². The fraction of sp³-hybridized carbons (Fsp3) is 0.318. The van der Waals surface area contributed by atoms with Crippen LogP contribution in [0.1, 0.15) is 22.9 Å². The first-order valence-electron chi connectivity index (χ1n) is 9.35. The molecule has 1 aliphatic heterocycles. The number of ether oxygens (including phenoxy) is 4. The minimum Gasteiger partial charge on any atom is -0.493 e. The molecule has 2 heterocycles. The normalized spacial score (nSPS) is 18.2. The summed E-state index contributed by atoms with van der Waals surface area (Å²) in [5.74, 6) is 1.34. The smallest absolute Gasteiger partial charge is 0.323 e. The molecule has 2 N–H and O–H groups in total. The molecule has 0 saturated heterocycles. The largest absolute Gasteiger partial charge is 0.493 e. The van der Waals surface area contributed by atoms with E-state index in [4.69, 9.17) is 18.9 Å². The van der Waals surface area contributed by atoms with Gasteiger partial charge in [0.15, 0.2) is 11.5 Å². The highest BCUT2D eigenvalue weighted by Gasteiger charge is 2.36. The van der Waals surface area contributed by atoms with Gasteiger partial charge in [0.1, 0.15) is 6.04 Å². The van der Waals surface area contributed by atoms with Crippen molar-refractivity contribution in [2.24, 2.45) is 0 Å². The highest BCUT2D eigenvalue weighted by molar-refractivity contribution is 5.87. The van der Waals surface area contributed by atoms with E-state index in [1.807, 2.05) is 30.3 Å². The van der Waals surface area contributed by atoms with Gasteiger partial charge in [-0.15, -0.1) is 0 Å². The number of nitrogens with one attached hydrogen (secondary N) is 2. The highest BCUT2D eigenvalue weighted by Crippen LogP contribution is 2.45. The molecule has 0 bridgehead atoms. The quantitative estimate of drug-likeness (QED) is 0.646. The van der Waals surface area contributed by atoms with E-state index in [9.17, 15) is 4.79 Å². The second kappa shape index (κ2) is 7.67. The second-order valence-electron chi connectivity index (χ2n) is 6.87. The van der Waals surface area contributed by atoms with Gasteiger partial charge in [0.2, 0.25) is 5.75 Å². The lowest BCUT2D eigenvalue weighted by Gasteiger charge is -2.31. The predicted molar refractivity (Wildman–Crippen MR) is 109 cm³/mol. The van der Waals surface area contributed by atoms with Crippen LogP contribution in [0.2, 0.25) is 0 Å². The highest BCUT2D eigenvalue weighted by atomic mass is 16.5. The van der Waals surface area contributed by atoms with Crippen LogP contribution in [-0.4, -0.2) is 45.4 Å². The van der Waals surface area contributed by atoms with E-state index in [0.717, 1.165) is 27.7 Å². The Kier molecular flexibility index (Phi) is 5.07. The Bertz CT molecular complexity index is 1060. The topological polar surface area (TPSA) is 81.8 Å². The zero-order chi connectivity index (χ0) is 20.5. The number of aromatic amines is 1. The van der Waals surface area contributed by atoms with Crippen LogP contribution in [0.4, 0.5) is 0 Å². The average Bonchev–Trinajstić information content (AvgIpc) is 3.15. The van der Waals surface area contributed by atoms with Crippen molar-refractivity contribution >= 4 is 16.9 Å². The Morgan fingerprint density at radius 1 is 0.966 bits per heavy atom. The molecule has 2 aromatic carbocycles. The van der Waals surface area contributed by atoms with Gasteiger partial charge < -0.3 is 23.9 Å². The molecule has 29 heavy (non-hydrogen) atoms. The van der Waals surface area contributed by atoms with Crippen LogP contribution in [0.25, 0.3) is 10.9 Å². The minimum absolute atomic E-state index is 0.301. The molecule has 3 aromatic rings. The first-order chi connectivity index (χ1) is 14.1. The summed E-state index contributed by atoms with van der Waals surface area (Å²) in [4.78, 5) is 15.9. The van der Waals surface area contributed by atoms with Crippen molar-refractivity contribution in [1.82, 2.24) is 10.3 Å². The zero-order valence-electron chi connectivity index (χ0n) is 16.9. The fourth-order valence-electron chi connectivity index (χ4n) is 4.13. The molecular weight excluding hydrogens is 372 g/mol. The van der Waals surface area contributed by atoms with Gasteiger partial charge in [0.05, 0.1) is 34.5 Å². The Morgan fingerprint density at radius 2 is 1.72 bits per heavy atom. The van der Waals surface area contributed by atoms with Crippen LogP contribution in [0.5, 0.6) is 17.2 Å². The maximum Gasteiger partial charge on any atom is 0.323 e. The third kappa shape index (κ3) is 3.07. The molecule has 7 heteroatoms. The number of carbonyl (C=O) groups is 1. The van der Waals surface area contributed by atoms with Crippen molar-refractivity contribution in [3.8, 4) is 17.2 Å². The van der Waals surface area contributed by atoms with E-state index in [-0.39, 0.29) is 12.0 Å². The summed E-state index contributed by atoms with van der Waals surface area (Å²) in [5.41, 5.74) is 3.95. The number of carbonyl (C=O) groups excluding carboxylic acids is 1. The van der Waals surface area contributed by atoms with Crippen LogP contribution in [0, 0.1) is 0 Å². The number of aromatic nitrogens is 1. The summed E-state index contributed by atoms with van der Waals surface area (Å²) >= 11 is 0. The van der Waals surface area contributed by atoms with E-state index >= 15 is 0 Å². The Morgan fingerprint density at radius 3 is 2.41 bits per heavy atom. The van der Waals surface area contributed by atoms with Crippen molar-refractivity contribution in [2.75, 3.05) is 28.4 Å². The van der Waals surface area contributed by atoms with Gasteiger partial charge in [-0.3, -0.25) is 10.1 Å². The number of para-hydroxylation sites is 1. The molecule has 0 saturated carbocycles. The molecule has 4 rings (SSSR count). The average molecular weight is 396 g/mol. The summed E-state index contributed by atoms with van der Waals surface area (Å²) in [5, 5.41) is 4.52. The molecule has 0 unspecified atom stereocenters. The molecule has 0 aliphatic carbocycles. The molecule has 0 spiro atoms. The summed E-state index contributed by atoms with van der Waals surface area (Å²) in [6.07, 6.45) is 0.540. The summed E-state index contributed by atoms with van der Waals surface area (Å²) < 4.78 is 21.7. The fourth-order valence-corrected chi connectivity index (χ4v) is 4.13. The summed E-state index contributed by atoms with van der Waals surface area (Å²) in [6.45, 7) is 0. The molecule has 0 radical (unpaired) electrons. The standard InChI is InChI=1S/C22H24N2O5/c1-26-17-10-9-13(20(27-2)21(17)28-3)18-19-14(11-16(24-18)22(25)29-4)12-7-5-6-8-15(12)23-19/h5-10,16,18,23-24H,11H2,1-4H3/t16-,18+/m0/s1. The van der Waals surface area contributed by atoms with Crippen molar-refractivity contribution in [1.29, 1.82) is 0 Å². The van der Waals surface area contributed by atoms with Crippen molar-refractivity contribution in [3.63, 3.8) is 0 Å². The Balaban J connectivity index is 1.93. The summed E-state index contributed by atoms with van der Waals surface area (Å²) in [7, 11) is 6.15. The third-order valence-corrected chi connectivity index (χ3v) is 5.44. The van der Waals surface area contributed by atoms with Crippen molar-refractivity contribution < 1.29 is 23.7 Å². The molecule has 2 atom stereocenters. The third-order valence-electron chi connectivity index (χ3n) is 5.44. The van der Waals surface area contributed by atoms with E-state index in [2.05, 4.69) is 16.4 Å². The van der Waals surface area contributed by atoms with Crippen molar-refractivity contribution in [3.05, 3.63) is 53.2 Å². The van der Waals surface area contributed by atoms with Crippen LogP contribution in [0.15, 0.2) is 36.4 Å². The monoisotopic (exact) mass is 396 g/mol. The number of hydrogen-bond donors (Lipinski definition) is 2. The molecule has 1 aliphatic rings. The maximum absolute atomic E-state index is 12.4. The van der Waals surface area contributed by atoms with Gasteiger partial charge in [0, 0.05) is 28.6 Å². The lowest BCUT2D eigenvalue weighted by molar-refractivity contribution is -0.143. The minimum atomic E-state index is -0.477. The maximum atomic E-state index is 12.4. The number of methoxy groups -OCH3 is 4. The Hall–Kier alpha value is -3.19. The number of rotatable bonds is 5. The number of fused-ring (bicyclic) bond motifs is 3. The van der Waals surface area contributed by atoms with Gasteiger partial charge in [-0.05, 0) is 23.8 Å². The van der Waals surface area contributed by atoms with Gasteiger partial charge in [0.25, 0.3) is 0 Å². The van der Waals surface area contributed by atoms with Gasteiger partial charge in [-0.25, -0.2) is 0 Å². The number of H-pyrrole nitrogens is 1. The first kappa shape index (κ1) is 19.1. The SMILES string of the molecule is COC(=O)[C@@H]1Cc2c([nH]c3ccccc23)[C@@H](c2ccc(OC)c(OC)c2OC)N1. The molecule has 0 fully saturated rings. The van der Waals surface area contributed by atoms with Crippen LogP contribution < -0.4 is 19.5 Å². The van der Waals surface area contributed by atoms with Crippen molar-refractivity contribution in [2.45, 2.75) is 18.5 Å². The molecule has 1 aromatic heterocycles. The van der Waals surface area contributed by atoms with E-state index in [1.165, 1.54) is 7.11 Å². The first-order valence-corrected chi connectivity index (χ1v) is 9.35.